The van der Waals surface area contributed by atoms with Crippen LogP contribution >= 0.6 is 11.3 Å². The fourth-order valence-electron chi connectivity index (χ4n) is 9.33. The molecule has 9 aromatic carbocycles. The number of fused-ring (bicyclic) bond motifs is 9. The standard InChI is InChI=1S/C58H34N4OS/c1-3-14-38(15-4-1)54-46-34-49-53(44-20-8-11-24-48(44)63-49)51(52(46)43-19-7-10-23-47(43)59-54)37-30-26-35(27-31-37)36-28-32-40(33-29-36)57-60-56(39-16-5-2-6-17-39)61-58(62-57)45-22-13-21-42-41-18-9-12-25-50(41)64-55(42)45/h1-34H. The quantitative estimate of drug-likeness (QED) is 0.156. The summed E-state index contributed by atoms with van der Waals surface area (Å²) in [5.74, 6) is 1.94. The van der Waals surface area contributed by atoms with Gasteiger partial charge in [-0.2, -0.15) is 0 Å². The number of para-hydroxylation sites is 2. The van der Waals surface area contributed by atoms with Gasteiger partial charge < -0.3 is 4.42 Å². The van der Waals surface area contributed by atoms with Gasteiger partial charge in [0.2, 0.25) is 0 Å². The molecule has 13 aromatic rings. The Morgan fingerprint density at radius 1 is 0.344 bits per heavy atom. The summed E-state index contributed by atoms with van der Waals surface area (Å²) in [7, 11) is 0. The molecule has 0 aliphatic rings. The highest BCUT2D eigenvalue weighted by atomic mass is 32.1. The van der Waals surface area contributed by atoms with E-state index in [4.69, 9.17) is 24.4 Å². The van der Waals surface area contributed by atoms with Crippen LogP contribution in [0.3, 0.4) is 0 Å². The Morgan fingerprint density at radius 2 is 0.906 bits per heavy atom. The molecule has 6 heteroatoms. The van der Waals surface area contributed by atoms with Crippen molar-refractivity contribution >= 4 is 75.1 Å². The lowest BCUT2D eigenvalue weighted by Gasteiger charge is -2.16. The average Bonchev–Trinajstić information content (AvgIpc) is 3.94. The number of hydrogen-bond donors (Lipinski definition) is 0. The van der Waals surface area contributed by atoms with Gasteiger partial charge in [-0.25, -0.2) is 19.9 Å². The van der Waals surface area contributed by atoms with Crippen LogP contribution in [-0.2, 0) is 0 Å². The fourth-order valence-corrected chi connectivity index (χ4v) is 10.5. The summed E-state index contributed by atoms with van der Waals surface area (Å²) in [6, 6.07) is 72.1. The third kappa shape index (κ3) is 5.92. The smallest absolute Gasteiger partial charge is 0.165 e. The van der Waals surface area contributed by atoms with E-state index >= 15 is 0 Å². The van der Waals surface area contributed by atoms with Gasteiger partial charge in [-0.15, -0.1) is 11.3 Å². The Labute approximate surface area is 371 Å². The molecular formula is C58H34N4OS. The van der Waals surface area contributed by atoms with Crippen molar-refractivity contribution in [1.29, 1.82) is 0 Å². The highest BCUT2D eigenvalue weighted by Gasteiger charge is 2.22. The number of benzene rings is 9. The molecule has 0 unspecified atom stereocenters. The van der Waals surface area contributed by atoms with Crippen LogP contribution in [0.4, 0.5) is 0 Å². The lowest BCUT2D eigenvalue weighted by molar-refractivity contribution is 0.669. The van der Waals surface area contributed by atoms with Crippen LogP contribution < -0.4 is 0 Å². The lowest BCUT2D eigenvalue weighted by Crippen LogP contribution is -2.00. The second-order valence-electron chi connectivity index (χ2n) is 16.1. The van der Waals surface area contributed by atoms with E-state index in [1.807, 2.05) is 30.3 Å². The molecule has 0 bridgehead atoms. The van der Waals surface area contributed by atoms with Crippen molar-refractivity contribution in [3.63, 3.8) is 0 Å². The van der Waals surface area contributed by atoms with E-state index in [0.717, 1.165) is 93.8 Å². The third-order valence-electron chi connectivity index (χ3n) is 12.3. The van der Waals surface area contributed by atoms with E-state index in [2.05, 4.69) is 176 Å². The molecule has 0 aliphatic heterocycles. The van der Waals surface area contributed by atoms with Crippen molar-refractivity contribution < 1.29 is 4.42 Å². The molecule has 4 heterocycles. The topological polar surface area (TPSA) is 64.7 Å². The zero-order valence-electron chi connectivity index (χ0n) is 34.2. The summed E-state index contributed by atoms with van der Waals surface area (Å²) in [4.78, 5) is 20.5. The van der Waals surface area contributed by atoms with E-state index in [1.165, 1.54) is 20.2 Å². The van der Waals surface area contributed by atoms with Gasteiger partial charge in [-0.05, 0) is 47.0 Å². The lowest BCUT2D eigenvalue weighted by atomic mass is 9.89. The number of hydrogen-bond acceptors (Lipinski definition) is 6. The van der Waals surface area contributed by atoms with Crippen molar-refractivity contribution in [3.8, 4) is 67.7 Å². The van der Waals surface area contributed by atoms with E-state index < -0.39 is 0 Å². The van der Waals surface area contributed by atoms with Gasteiger partial charge >= 0.3 is 0 Å². The summed E-state index contributed by atoms with van der Waals surface area (Å²) in [6.45, 7) is 0. The van der Waals surface area contributed by atoms with Crippen molar-refractivity contribution in [3.05, 3.63) is 206 Å². The van der Waals surface area contributed by atoms with E-state index in [0.29, 0.717) is 17.5 Å². The monoisotopic (exact) mass is 834 g/mol. The van der Waals surface area contributed by atoms with E-state index in [-0.39, 0.29) is 0 Å². The van der Waals surface area contributed by atoms with Crippen LogP contribution in [0.2, 0.25) is 0 Å². The summed E-state index contributed by atoms with van der Waals surface area (Å²) in [6.07, 6.45) is 0. The van der Waals surface area contributed by atoms with Crippen molar-refractivity contribution in [2.45, 2.75) is 0 Å². The van der Waals surface area contributed by atoms with Crippen LogP contribution in [0.1, 0.15) is 0 Å². The third-order valence-corrected chi connectivity index (χ3v) is 13.6. The zero-order valence-corrected chi connectivity index (χ0v) is 35.1. The summed E-state index contributed by atoms with van der Waals surface area (Å²) >= 11 is 1.78. The van der Waals surface area contributed by atoms with Gasteiger partial charge in [0.15, 0.2) is 17.5 Å². The minimum Gasteiger partial charge on any atom is -0.456 e. The number of furan rings is 1. The van der Waals surface area contributed by atoms with Gasteiger partial charge in [0.05, 0.1) is 11.2 Å². The number of rotatable bonds is 6. The maximum absolute atomic E-state index is 6.62. The minimum atomic E-state index is 0.632. The minimum absolute atomic E-state index is 0.632. The first-order chi connectivity index (χ1) is 31.7. The number of aromatic nitrogens is 4. The van der Waals surface area contributed by atoms with Gasteiger partial charge in [-0.3, -0.25) is 0 Å². The van der Waals surface area contributed by atoms with Crippen LogP contribution in [-0.4, -0.2) is 19.9 Å². The first-order valence-corrected chi connectivity index (χ1v) is 22.2. The maximum Gasteiger partial charge on any atom is 0.165 e. The molecule has 0 radical (unpaired) electrons. The van der Waals surface area contributed by atoms with Crippen LogP contribution in [0.5, 0.6) is 0 Å². The molecule has 0 saturated heterocycles. The average molecular weight is 835 g/mol. The predicted octanol–water partition coefficient (Wildman–Crippen LogP) is 15.8. The molecule has 13 rings (SSSR count). The molecule has 4 aromatic heterocycles. The second kappa shape index (κ2) is 14.7. The van der Waals surface area contributed by atoms with Crippen molar-refractivity contribution in [2.24, 2.45) is 0 Å². The molecule has 64 heavy (non-hydrogen) atoms. The Morgan fingerprint density at radius 3 is 1.66 bits per heavy atom. The Bertz CT molecular complexity index is 3930. The van der Waals surface area contributed by atoms with Gasteiger partial charge in [0.1, 0.15) is 11.2 Å². The predicted molar refractivity (Wildman–Crippen MR) is 265 cm³/mol. The number of thiophene rings is 1. The summed E-state index contributed by atoms with van der Waals surface area (Å²) in [5.41, 5.74) is 12.0. The molecule has 0 N–H and O–H groups in total. The molecular weight excluding hydrogens is 801 g/mol. The van der Waals surface area contributed by atoms with Gasteiger partial charge in [0.25, 0.3) is 0 Å². The fraction of sp³-hybridized carbons (Fsp3) is 0. The van der Waals surface area contributed by atoms with E-state index in [1.54, 1.807) is 11.3 Å². The molecule has 298 valence electrons. The Hall–Kier alpha value is -8.32. The molecule has 0 spiro atoms. The number of nitrogens with zero attached hydrogens (tertiary/aromatic N) is 4. The Balaban J connectivity index is 0.932. The van der Waals surface area contributed by atoms with Gasteiger partial charge in [0, 0.05) is 74.9 Å². The molecule has 5 nitrogen and oxygen atoms in total. The first-order valence-electron chi connectivity index (χ1n) is 21.4. The first kappa shape index (κ1) is 36.3. The second-order valence-corrected chi connectivity index (χ2v) is 17.1. The van der Waals surface area contributed by atoms with E-state index in [9.17, 15) is 0 Å². The van der Waals surface area contributed by atoms with Crippen LogP contribution in [0.25, 0.3) is 131 Å². The number of pyridine rings is 1. The Kier molecular flexibility index (Phi) is 8.32. The molecule has 0 fully saturated rings. The van der Waals surface area contributed by atoms with Crippen LogP contribution in [0, 0.1) is 0 Å². The van der Waals surface area contributed by atoms with Gasteiger partial charge in [-0.1, -0.05) is 176 Å². The largest absolute Gasteiger partial charge is 0.456 e. The summed E-state index contributed by atoms with van der Waals surface area (Å²) in [5, 5.41) is 7.98. The molecule has 0 amide bonds. The maximum atomic E-state index is 6.62. The molecule has 0 aliphatic carbocycles. The SMILES string of the molecule is c1ccc(-c2nc(-c3ccc(-c4ccc(-c5c6c(cc7c(-c8ccccc8)nc8ccccc8c57)oc5ccccc56)cc4)cc3)nc(-c3cccc4c3sc3ccccc34)n2)cc1. The van der Waals surface area contributed by atoms with Crippen molar-refractivity contribution in [1.82, 2.24) is 19.9 Å². The highest BCUT2D eigenvalue weighted by molar-refractivity contribution is 7.26. The normalized spacial score (nSPS) is 11.8. The molecule has 0 saturated carbocycles. The van der Waals surface area contributed by atoms with Crippen LogP contribution in [0.15, 0.2) is 211 Å². The van der Waals surface area contributed by atoms with Crippen molar-refractivity contribution in [2.75, 3.05) is 0 Å². The zero-order chi connectivity index (χ0) is 42.1. The highest BCUT2D eigenvalue weighted by Crippen LogP contribution is 2.47. The molecule has 0 atom stereocenters. The summed E-state index contributed by atoms with van der Waals surface area (Å²) < 4.78 is 9.04.